The molecule has 0 aliphatic heterocycles. The predicted octanol–water partition coefficient (Wildman–Crippen LogP) is 3.99. The maximum atomic E-state index is 13.1. The van der Waals surface area contributed by atoms with E-state index < -0.39 is 5.69 Å². The van der Waals surface area contributed by atoms with E-state index in [0.717, 1.165) is 57.3 Å². The van der Waals surface area contributed by atoms with Gasteiger partial charge in [-0.3, -0.25) is 19.1 Å². The lowest BCUT2D eigenvalue weighted by atomic mass is 9.94. The molecule has 33 heavy (non-hydrogen) atoms. The number of nitrogens with one attached hydrogen (secondary N) is 1. The molecule has 1 fully saturated rings. The van der Waals surface area contributed by atoms with Crippen LogP contribution in [-0.2, 0) is 24.3 Å². The highest BCUT2D eigenvalue weighted by atomic mass is 16.2. The lowest BCUT2D eigenvalue weighted by Crippen LogP contribution is -2.41. The van der Waals surface area contributed by atoms with Gasteiger partial charge >= 0.3 is 5.69 Å². The normalized spacial score (nSPS) is 14.8. The fourth-order valence-corrected chi connectivity index (χ4v) is 5.09. The lowest BCUT2D eigenvalue weighted by Gasteiger charge is -2.33. The van der Waals surface area contributed by atoms with Crippen molar-refractivity contribution < 1.29 is 4.79 Å². The number of rotatable bonds is 12. The van der Waals surface area contributed by atoms with E-state index in [4.69, 9.17) is 4.98 Å². The molecule has 0 atom stereocenters. The molecule has 0 aromatic carbocycles. The van der Waals surface area contributed by atoms with Gasteiger partial charge in [0.2, 0.25) is 5.91 Å². The second kappa shape index (κ2) is 12.2. The van der Waals surface area contributed by atoms with Crippen LogP contribution in [0, 0.1) is 0 Å². The molecule has 1 N–H and O–H groups in total. The minimum Gasteiger partial charge on any atom is -0.340 e. The van der Waals surface area contributed by atoms with Gasteiger partial charge in [-0.1, -0.05) is 52.4 Å². The number of unbranched alkanes of at least 4 members (excludes halogenated alkanes) is 3. The summed E-state index contributed by atoms with van der Waals surface area (Å²) in [5.74, 6) is 0.893. The smallest absolute Gasteiger partial charge is 0.330 e. The summed E-state index contributed by atoms with van der Waals surface area (Å²) in [6.45, 7) is 8.19. The number of nitrogens with zero attached hydrogens (tertiary/aromatic N) is 4. The molecule has 8 heteroatoms. The summed E-state index contributed by atoms with van der Waals surface area (Å²) >= 11 is 0. The first-order chi connectivity index (χ1) is 16.0. The number of aromatic nitrogens is 4. The van der Waals surface area contributed by atoms with Crippen molar-refractivity contribution in [3.05, 3.63) is 26.7 Å². The Morgan fingerprint density at radius 1 is 1.00 bits per heavy atom. The average molecular weight is 460 g/mol. The quantitative estimate of drug-likeness (QED) is 0.486. The summed E-state index contributed by atoms with van der Waals surface area (Å²) in [6.07, 6.45) is 11.5. The van der Waals surface area contributed by atoms with Crippen LogP contribution in [-0.4, -0.2) is 42.5 Å². The molecule has 1 saturated carbocycles. The largest absolute Gasteiger partial charge is 0.340 e. The van der Waals surface area contributed by atoms with Crippen LogP contribution >= 0.6 is 0 Å². The van der Waals surface area contributed by atoms with Gasteiger partial charge in [0.25, 0.3) is 5.56 Å². The Balaban J connectivity index is 1.90. The zero-order valence-electron chi connectivity index (χ0n) is 20.7. The van der Waals surface area contributed by atoms with Crippen LogP contribution in [0.15, 0.2) is 9.59 Å². The van der Waals surface area contributed by atoms with E-state index in [1.165, 1.54) is 19.3 Å². The fourth-order valence-electron chi connectivity index (χ4n) is 5.09. The van der Waals surface area contributed by atoms with E-state index >= 15 is 0 Å². The van der Waals surface area contributed by atoms with E-state index in [-0.39, 0.29) is 11.5 Å². The van der Waals surface area contributed by atoms with Gasteiger partial charge in [-0.25, -0.2) is 9.78 Å². The van der Waals surface area contributed by atoms with Gasteiger partial charge in [0.05, 0.1) is 0 Å². The van der Waals surface area contributed by atoms with Gasteiger partial charge in [-0.05, 0) is 32.6 Å². The highest BCUT2D eigenvalue weighted by Gasteiger charge is 2.25. The van der Waals surface area contributed by atoms with Gasteiger partial charge in [-0.2, -0.15) is 0 Å². The summed E-state index contributed by atoms with van der Waals surface area (Å²) in [4.78, 5) is 47.7. The van der Waals surface area contributed by atoms with Gasteiger partial charge < -0.3 is 9.47 Å². The Hall–Kier alpha value is -2.38. The van der Waals surface area contributed by atoms with E-state index in [9.17, 15) is 14.4 Å². The summed E-state index contributed by atoms with van der Waals surface area (Å²) < 4.78 is 3.54. The van der Waals surface area contributed by atoms with Crippen molar-refractivity contribution in [2.75, 3.05) is 6.54 Å². The molecule has 1 amide bonds. The van der Waals surface area contributed by atoms with Crippen LogP contribution in [0.2, 0.25) is 0 Å². The Morgan fingerprint density at radius 3 is 2.36 bits per heavy atom. The number of carbonyl (C=O) groups is 1. The maximum absolute atomic E-state index is 13.1. The highest BCUT2D eigenvalue weighted by molar-refractivity contribution is 5.77. The first kappa shape index (κ1) is 25.2. The number of carbonyl (C=O) groups excluding carboxylic acids is 1. The van der Waals surface area contributed by atoms with Crippen LogP contribution < -0.4 is 11.2 Å². The third-order valence-corrected chi connectivity index (χ3v) is 6.92. The molecule has 8 nitrogen and oxygen atoms in total. The number of hydrogen-bond acceptors (Lipinski definition) is 4. The topological polar surface area (TPSA) is 93.0 Å². The molecule has 1 aliphatic rings. The third-order valence-electron chi connectivity index (χ3n) is 6.92. The summed E-state index contributed by atoms with van der Waals surface area (Å²) in [5.41, 5.74) is 0.123. The molecular weight excluding hydrogens is 418 g/mol. The van der Waals surface area contributed by atoms with E-state index in [0.29, 0.717) is 43.1 Å². The average Bonchev–Trinajstić information content (AvgIpc) is 3.17. The number of amides is 1. The van der Waals surface area contributed by atoms with Gasteiger partial charge in [-0.15, -0.1) is 0 Å². The van der Waals surface area contributed by atoms with Crippen molar-refractivity contribution in [1.29, 1.82) is 0 Å². The molecule has 0 spiro atoms. The van der Waals surface area contributed by atoms with Crippen molar-refractivity contribution in [1.82, 2.24) is 24.0 Å². The standard InChI is InChI=1S/C25H41N5O3/c1-4-7-12-18-29-20(15-16-21(31)28(6-3)19-13-10-9-11-14-19)26-23-22(29)24(32)27-25(33)30(23)17-8-5-2/h19H,4-18H2,1-3H3,(H,27,32,33). The molecule has 0 radical (unpaired) electrons. The number of aryl methyl sites for hydroxylation is 3. The maximum Gasteiger partial charge on any atom is 0.330 e. The zero-order valence-corrected chi connectivity index (χ0v) is 20.7. The number of fused-ring (bicyclic) bond motifs is 1. The van der Waals surface area contributed by atoms with E-state index in [1.807, 2.05) is 9.47 Å². The summed E-state index contributed by atoms with van der Waals surface area (Å²) in [5, 5.41) is 0. The molecule has 1 aliphatic carbocycles. The number of H-pyrrole nitrogens is 1. The van der Waals surface area contributed by atoms with Crippen LogP contribution in [0.25, 0.3) is 11.2 Å². The molecular formula is C25H41N5O3. The van der Waals surface area contributed by atoms with Crippen molar-refractivity contribution in [2.45, 2.75) is 117 Å². The Labute approximate surface area is 196 Å². The highest BCUT2D eigenvalue weighted by Crippen LogP contribution is 2.23. The minimum absolute atomic E-state index is 0.161. The molecule has 2 aromatic rings. The molecule has 0 unspecified atom stereocenters. The number of imidazole rings is 1. The van der Waals surface area contributed by atoms with Crippen LogP contribution in [0.1, 0.15) is 97.2 Å². The monoisotopic (exact) mass is 459 g/mol. The summed E-state index contributed by atoms with van der Waals surface area (Å²) in [6, 6.07) is 0.349. The Kier molecular flexibility index (Phi) is 9.32. The van der Waals surface area contributed by atoms with Gasteiger partial charge in [0.15, 0.2) is 11.2 Å². The number of hydrogen-bond donors (Lipinski definition) is 1. The van der Waals surface area contributed by atoms with Crippen LogP contribution in [0.5, 0.6) is 0 Å². The SMILES string of the molecule is CCCCCn1c(CCC(=O)N(CC)C2CCCCC2)nc2c1c(=O)[nH]c(=O)n2CCCC. The van der Waals surface area contributed by atoms with Gasteiger partial charge in [0, 0.05) is 38.5 Å². The zero-order chi connectivity index (χ0) is 23.8. The van der Waals surface area contributed by atoms with Gasteiger partial charge in [0.1, 0.15) is 5.82 Å². The second-order valence-electron chi connectivity index (χ2n) is 9.30. The van der Waals surface area contributed by atoms with Crippen LogP contribution in [0.3, 0.4) is 0 Å². The Bertz CT molecular complexity index is 1030. The minimum atomic E-state index is -0.406. The first-order valence-corrected chi connectivity index (χ1v) is 13.0. The molecule has 2 aromatic heterocycles. The van der Waals surface area contributed by atoms with Crippen molar-refractivity contribution in [3.63, 3.8) is 0 Å². The predicted molar refractivity (Wildman–Crippen MR) is 132 cm³/mol. The lowest BCUT2D eigenvalue weighted by molar-refractivity contribution is -0.133. The molecule has 2 heterocycles. The first-order valence-electron chi connectivity index (χ1n) is 13.0. The molecule has 3 rings (SSSR count). The van der Waals surface area contributed by atoms with Crippen molar-refractivity contribution in [2.24, 2.45) is 0 Å². The third kappa shape index (κ3) is 5.95. The van der Waals surface area contributed by atoms with E-state index in [1.54, 1.807) is 4.57 Å². The van der Waals surface area contributed by atoms with Crippen LogP contribution in [0.4, 0.5) is 0 Å². The molecule has 0 bridgehead atoms. The Morgan fingerprint density at radius 2 is 1.70 bits per heavy atom. The molecule has 184 valence electrons. The van der Waals surface area contributed by atoms with Crippen molar-refractivity contribution >= 4 is 17.1 Å². The second-order valence-corrected chi connectivity index (χ2v) is 9.30. The number of aromatic amines is 1. The van der Waals surface area contributed by atoms with Crippen molar-refractivity contribution in [3.8, 4) is 0 Å². The summed E-state index contributed by atoms with van der Waals surface area (Å²) in [7, 11) is 0. The fraction of sp³-hybridized carbons (Fsp3) is 0.760. The van der Waals surface area contributed by atoms with E-state index in [2.05, 4.69) is 25.8 Å². The molecule has 0 saturated heterocycles.